The Morgan fingerprint density at radius 2 is 2.07 bits per heavy atom. The molecule has 3 N–H and O–H groups in total. The van der Waals surface area contributed by atoms with Crippen molar-refractivity contribution in [1.82, 2.24) is 9.97 Å². The number of carbonyl (C=O) groups is 2. The molecule has 0 unspecified atom stereocenters. The summed E-state index contributed by atoms with van der Waals surface area (Å²) in [6.07, 6.45) is -0.139. The zero-order valence-corrected chi connectivity index (χ0v) is 16.5. The molecule has 1 aromatic heterocycles. The van der Waals surface area contributed by atoms with E-state index in [2.05, 4.69) is 20.6 Å². The number of benzene rings is 1. The Hall–Kier alpha value is -2.91. The second-order valence-corrected chi connectivity index (χ2v) is 7.42. The number of morpholine rings is 1. The number of nitrogens with one attached hydrogen (secondary N) is 3. The molecular weight excluding hydrogens is 398 g/mol. The number of H-pyrrole nitrogens is 1. The highest BCUT2D eigenvalue weighted by atomic mass is 35.5. The number of rotatable bonds is 3. The molecule has 2 aliphatic heterocycles. The van der Waals surface area contributed by atoms with E-state index in [1.807, 2.05) is 11.8 Å². The lowest BCUT2D eigenvalue weighted by Crippen LogP contribution is -2.41. The van der Waals surface area contributed by atoms with Crippen LogP contribution in [0.25, 0.3) is 0 Å². The summed E-state index contributed by atoms with van der Waals surface area (Å²) in [5.41, 5.74) is 1.08. The summed E-state index contributed by atoms with van der Waals surface area (Å²) in [7, 11) is 0. The summed E-state index contributed by atoms with van der Waals surface area (Å²) in [4.78, 5) is 46.9. The number of halogens is 1. The molecule has 4 rings (SSSR count). The summed E-state index contributed by atoms with van der Waals surface area (Å²) in [6.45, 7) is 4.06. The van der Waals surface area contributed by atoms with Gasteiger partial charge in [-0.2, -0.15) is 4.98 Å². The normalized spacial score (nSPS) is 18.8. The first-order valence-corrected chi connectivity index (χ1v) is 9.64. The Labute approximate surface area is 171 Å². The second-order valence-electron chi connectivity index (χ2n) is 7.01. The van der Waals surface area contributed by atoms with Gasteiger partial charge in [-0.25, -0.2) is 0 Å². The van der Waals surface area contributed by atoms with Gasteiger partial charge in [-0.15, -0.1) is 0 Å². The van der Waals surface area contributed by atoms with Crippen molar-refractivity contribution < 1.29 is 14.3 Å². The summed E-state index contributed by atoms with van der Waals surface area (Å²) < 4.78 is 5.31. The molecule has 0 radical (unpaired) electrons. The van der Waals surface area contributed by atoms with Crippen molar-refractivity contribution in [2.24, 2.45) is 0 Å². The summed E-state index contributed by atoms with van der Waals surface area (Å²) in [5.74, 6) is -1.32. The number of hydrogen-bond acceptors (Lipinski definition) is 6. The molecule has 1 saturated heterocycles. The Morgan fingerprint density at radius 1 is 1.31 bits per heavy atom. The van der Waals surface area contributed by atoms with Crippen molar-refractivity contribution in [3.63, 3.8) is 0 Å². The third-order valence-electron chi connectivity index (χ3n) is 5.01. The zero-order valence-electron chi connectivity index (χ0n) is 15.8. The van der Waals surface area contributed by atoms with Crippen LogP contribution in [0.5, 0.6) is 0 Å². The van der Waals surface area contributed by atoms with Crippen molar-refractivity contribution in [3.8, 4) is 0 Å². The van der Waals surface area contributed by atoms with Crippen molar-refractivity contribution in [2.75, 3.05) is 41.8 Å². The molecule has 0 saturated carbocycles. The van der Waals surface area contributed by atoms with Gasteiger partial charge in [-0.3, -0.25) is 19.4 Å². The van der Waals surface area contributed by atoms with Gasteiger partial charge in [0, 0.05) is 30.2 Å². The van der Waals surface area contributed by atoms with Gasteiger partial charge < -0.3 is 20.3 Å². The number of anilines is 3. The van der Waals surface area contributed by atoms with Gasteiger partial charge in [0.25, 0.3) is 5.56 Å². The molecule has 9 nitrogen and oxygen atoms in total. The van der Waals surface area contributed by atoms with E-state index in [4.69, 9.17) is 16.3 Å². The average molecular weight is 418 g/mol. The Morgan fingerprint density at radius 3 is 2.79 bits per heavy atom. The first-order valence-electron chi connectivity index (χ1n) is 9.26. The first-order chi connectivity index (χ1) is 13.9. The van der Waals surface area contributed by atoms with E-state index in [9.17, 15) is 14.4 Å². The van der Waals surface area contributed by atoms with Crippen LogP contribution in [-0.4, -0.2) is 48.1 Å². The minimum Gasteiger partial charge on any atom is -0.378 e. The minimum atomic E-state index is -0.950. The molecule has 0 bridgehead atoms. The van der Waals surface area contributed by atoms with E-state index in [-0.39, 0.29) is 23.7 Å². The van der Waals surface area contributed by atoms with E-state index in [1.54, 1.807) is 18.2 Å². The van der Waals surface area contributed by atoms with Gasteiger partial charge in [0.05, 0.1) is 24.7 Å². The van der Waals surface area contributed by atoms with Gasteiger partial charge >= 0.3 is 0 Å². The summed E-state index contributed by atoms with van der Waals surface area (Å²) >= 11 is 6.11. The van der Waals surface area contributed by atoms with Crippen LogP contribution in [0.3, 0.4) is 0 Å². The van der Waals surface area contributed by atoms with Crippen molar-refractivity contribution >= 4 is 40.9 Å². The Balaban J connectivity index is 1.64. The fourth-order valence-electron chi connectivity index (χ4n) is 3.41. The number of amides is 2. The molecule has 3 heterocycles. The number of aromatic nitrogens is 2. The molecule has 0 aliphatic carbocycles. The number of ether oxygens (including phenoxy) is 1. The third kappa shape index (κ3) is 3.96. The van der Waals surface area contributed by atoms with E-state index in [0.717, 1.165) is 5.56 Å². The maximum atomic E-state index is 12.9. The molecule has 1 atom stereocenters. The number of fused-ring (bicyclic) bond motifs is 1. The Bertz CT molecular complexity index is 1030. The van der Waals surface area contributed by atoms with Gasteiger partial charge in [-0.05, 0) is 24.6 Å². The van der Waals surface area contributed by atoms with Crippen molar-refractivity contribution in [2.45, 2.75) is 19.3 Å². The molecule has 10 heteroatoms. The Kier molecular flexibility index (Phi) is 5.25. The van der Waals surface area contributed by atoms with Crippen LogP contribution in [0, 0.1) is 6.92 Å². The van der Waals surface area contributed by atoms with Crippen LogP contribution in [0.2, 0.25) is 5.02 Å². The number of nitrogens with zero attached hydrogens (tertiary/aromatic N) is 2. The lowest BCUT2D eigenvalue weighted by Gasteiger charge is -2.29. The first kappa shape index (κ1) is 19.4. The molecule has 29 heavy (non-hydrogen) atoms. The molecule has 0 spiro atoms. The van der Waals surface area contributed by atoms with Crippen LogP contribution in [-0.2, 0) is 14.3 Å². The predicted molar refractivity (Wildman–Crippen MR) is 109 cm³/mol. The third-order valence-corrected chi connectivity index (χ3v) is 5.41. The van der Waals surface area contributed by atoms with Gasteiger partial charge in [-0.1, -0.05) is 17.7 Å². The van der Waals surface area contributed by atoms with E-state index < -0.39 is 17.4 Å². The molecule has 152 valence electrons. The highest BCUT2D eigenvalue weighted by molar-refractivity contribution is 6.31. The molecule has 2 amide bonds. The maximum absolute atomic E-state index is 12.9. The zero-order chi connectivity index (χ0) is 20.5. The number of aromatic amines is 1. The molecular formula is C19H20ClN5O4. The smallest absolute Gasteiger partial charge is 0.258 e. The standard InChI is InChI=1S/C19H20ClN5O4/c1-10-2-3-11(8-13(10)20)21-17(27)12-9-14(26)22-16-15(12)18(28)24-19(23-16)25-4-6-29-7-5-25/h2-3,8,12H,4-7,9H2,1H3,(H,21,27)(H2,22,23,24,26,28)/t12-/m0/s1. The van der Waals surface area contributed by atoms with Crippen molar-refractivity contribution in [3.05, 3.63) is 44.7 Å². The topological polar surface area (TPSA) is 116 Å². The quantitative estimate of drug-likeness (QED) is 0.699. The fourth-order valence-corrected chi connectivity index (χ4v) is 3.59. The largest absolute Gasteiger partial charge is 0.378 e. The lowest BCUT2D eigenvalue weighted by molar-refractivity contribution is -0.123. The van der Waals surface area contributed by atoms with Crippen LogP contribution in [0.15, 0.2) is 23.0 Å². The molecule has 2 aromatic rings. The second kappa shape index (κ2) is 7.84. The van der Waals surface area contributed by atoms with Crippen molar-refractivity contribution in [1.29, 1.82) is 0 Å². The lowest BCUT2D eigenvalue weighted by atomic mass is 9.92. The van der Waals surface area contributed by atoms with E-state index >= 15 is 0 Å². The van der Waals surface area contributed by atoms with E-state index in [1.165, 1.54) is 0 Å². The predicted octanol–water partition coefficient (Wildman–Crippen LogP) is 1.63. The average Bonchev–Trinajstić information content (AvgIpc) is 2.70. The maximum Gasteiger partial charge on any atom is 0.258 e. The highest BCUT2D eigenvalue weighted by Gasteiger charge is 2.35. The number of hydrogen-bond donors (Lipinski definition) is 3. The van der Waals surface area contributed by atoms with Crippen LogP contribution < -0.4 is 21.1 Å². The summed E-state index contributed by atoms with van der Waals surface area (Å²) in [5, 5.41) is 5.87. The van der Waals surface area contributed by atoms with Crippen LogP contribution in [0.1, 0.15) is 23.5 Å². The monoisotopic (exact) mass is 417 g/mol. The summed E-state index contributed by atoms with van der Waals surface area (Å²) in [6, 6.07) is 5.12. The molecule has 1 aromatic carbocycles. The molecule has 1 fully saturated rings. The fraction of sp³-hybridized carbons (Fsp3) is 0.368. The van der Waals surface area contributed by atoms with Gasteiger partial charge in [0.15, 0.2) is 0 Å². The SMILES string of the molecule is Cc1ccc(NC(=O)[C@H]2CC(=O)Nc3nc(N4CCOCC4)[nH]c(=O)c32)cc1Cl. The van der Waals surface area contributed by atoms with Crippen LogP contribution >= 0.6 is 11.6 Å². The van der Waals surface area contributed by atoms with Gasteiger partial charge in [0.2, 0.25) is 17.8 Å². The molecule has 2 aliphatic rings. The van der Waals surface area contributed by atoms with E-state index in [0.29, 0.717) is 43.0 Å². The number of carbonyl (C=O) groups excluding carboxylic acids is 2. The minimum absolute atomic E-state index is 0.119. The van der Waals surface area contributed by atoms with Crippen LogP contribution in [0.4, 0.5) is 17.5 Å². The highest BCUT2D eigenvalue weighted by Crippen LogP contribution is 2.30. The van der Waals surface area contributed by atoms with Gasteiger partial charge in [0.1, 0.15) is 5.82 Å². The number of aryl methyl sites for hydroxylation is 1.